The topological polar surface area (TPSA) is 107 Å². The molecule has 1 aromatic carbocycles. The van der Waals surface area contributed by atoms with Crippen LogP contribution in [0.25, 0.3) is 0 Å². The summed E-state index contributed by atoms with van der Waals surface area (Å²) in [6.07, 6.45) is 0.361. The molecule has 6 nitrogen and oxygen atoms in total. The smallest absolute Gasteiger partial charge is 0.211 e. The number of nitrogens with one attached hydrogen (secondary N) is 1. The molecule has 0 aliphatic heterocycles. The third-order valence-electron chi connectivity index (χ3n) is 1.72. The van der Waals surface area contributed by atoms with Gasteiger partial charge in [-0.1, -0.05) is 0 Å². The van der Waals surface area contributed by atoms with Crippen molar-refractivity contribution in [2.75, 3.05) is 17.7 Å². The summed E-state index contributed by atoms with van der Waals surface area (Å²) in [7, 11) is -3.30. The van der Waals surface area contributed by atoms with Crippen molar-refractivity contribution in [3.8, 4) is 5.75 Å². The van der Waals surface area contributed by atoms with Crippen LogP contribution < -0.4 is 20.9 Å². The average Bonchev–Trinajstić information content (AvgIpc) is 2.06. The Morgan fingerprint density at radius 1 is 1.38 bits per heavy atom. The molecule has 1 rings (SSSR count). The molecule has 0 aliphatic carbocycles. The third kappa shape index (κ3) is 3.95. The second-order valence-corrected chi connectivity index (χ2v) is 5.23. The fraction of sp³-hybridized carbons (Fsp3) is 0.333. The average molecular weight is 245 g/mol. The normalized spacial score (nSPS) is 13.4. The molecule has 7 heteroatoms. The standard InChI is InChI=1S/C9H15N3O3S/c1-6(12-16(2,13)14)15-9-4-3-7(10)5-8(9)11/h3-6,12H,10-11H2,1-2H3. The fourth-order valence-corrected chi connectivity index (χ4v) is 1.84. The Labute approximate surface area is 94.6 Å². The van der Waals surface area contributed by atoms with E-state index in [1.165, 1.54) is 0 Å². The number of ether oxygens (including phenoxy) is 1. The lowest BCUT2D eigenvalue weighted by atomic mass is 10.2. The van der Waals surface area contributed by atoms with Crippen molar-refractivity contribution in [2.45, 2.75) is 13.2 Å². The maximum Gasteiger partial charge on any atom is 0.211 e. The van der Waals surface area contributed by atoms with Crippen molar-refractivity contribution in [1.82, 2.24) is 4.72 Å². The lowest BCUT2D eigenvalue weighted by Gasteiger charge is -2.16. The Kier molecular flexibility index (Phi) is 3.61. The zero-order valence-corrected chi connectivity index (χ0v) is 9.91. The van der Waals surface area contributed by atoms with Crippen molar-refractivity contribution in [3.63, 3.8) is 0 Å². The van der Waals surface area contributed by atoms with Gasteiger partial charge >= 0.3 is 0 Å². The van der Waals surface area contributed by atoms with Gasteiger partial charge < -0.3 is 16.2 Å². The predicted octanol–water partition coefficient (Wildman–Crippen LogP) is 0.125. The predicted molar refractivity (Wildman–Crippen MR) is 63.3 cm³/mol. The van der Waals surface area contributed by atoms with E-state index in [9.17, 15) is 8.42 Å². The van der Waals surface area contributed by atoms with Crippen molar-refractivity contribution < 1.29 is 13.2 Å². The summed E-state index contributed by atoms with van der Waals surface area (Å²) in [6.45, 7) is 1.57. The van der Waals surface area contributed by atoms with Crippen LogP contribution in [-0.4, -0.2) is 20.9 Å². The van der Waals surface area contributed by atoms with E-state index < -0.39 is 16.3 Å². The molecule has 5 N–H and O–H groups in total. The van der Waals surface area contributed by atoms with Gasteiger partial charge in [0, 0.05) is 5.69 Å². The van der Waals surface area contributed by atoms with Gasteiger partial charge in [-0.3, -0.25) is 0 Å². The van der Waals surface area contributed by atoms with Crippen molar-refractivity contribution in [1.29, 1.82) is 0 Å². The minimum atomic E-state index is -3.30. The number of nitrogen functional groups attached to an aromatic ring is 2. The van der Waals surface area contributed by atoms with E-state index in [2.05, 4.69) is 4.72 Å². The summed E-state index contributed by atoms with van der Waals surface area (Å²) < 4.78 is 29.4. The molecule has 0 heterocycles. The lowest BCUT2D eigenvalue weighted by Crippen LogP contribution is -2.35. The molecule has 1 aromatic rings. The highest BCUT2D eigenvalue weighted by molar-refractivity contribution is 7.88. The van der Waals surface area contributed by atoms with Gasteiger partial charge in [0.25, 0.3) is 0 Å². The van der Waals surface area contributed by atoms with Crippen LogP contribution in [0, 0.1) is 0 Å². The minimum absolute atomic E-state index is 0.363. The van der Waals surface area contributed by atoms with Gasteiger partial charge in [0.05, 0.1) is 11.9 Å². The summed E-state index contributed by atoms with van der Waals surface area (Å²) >= 11 is 0. The van der Waals surface area contributed by atoms with Gasteiger partial charge in [-0.05, 0) is 25.1 Å². The first-order valence-corrected chi connectivity index (χ1v) is 6.46. The van der Waals surface area contributed by atoms with Crippen LogP contribution in [0.3, 0.4) is 0 Å². The Hall–Kier alpha value is -1.47. The van der Waals surface area contributed by atoms with Crippen molar-refractivity contribution in [2.24, 2.45) is 0 Å². The summed E-state index contributed by atoms with van der Waals surface area (Å²) in [5.41, 5.74) is 12.0. The second kappa shape index (κ2) is 4.58. The molecular formula is C9H15N3O3S. The minimum Gasteiger partial charge on any atom is -0.472 e. The molecule has 0 aliphatic rings. The molecule has 0 radical (unpaired) electrons. The summed E-state index contributed by atoms with van der Waals surface area (Å²) in [5, 5.41) is 0. The molecule has 0 saturated heterocycles. The number of sulfonamides is 1. The molecule has 0 bridgehead atoms. The maximum atomic E-state index is 10.9. The van der Waals surface area contributed by atoms with E-state index in [0.717, 1.165) is 6.26 Å². The zero-order valence-electron chi connectivity index (χ0n) is 9.10. The highest BCUT2D eigenvalue weighted by Crippen LogP contribution is 2.24. The van der Waals surface area contributed by atoms with E-state index in [4.69, 9.17) is 16.2 Å². The molecule has 0 saturated carbocycles. The van der Waals surface area contributed by atoms with Crippen LogP contribution in [0.4, 0.5) is 11.4 Å². The van der Waals surface area contributed by atoms with E-state index in [-0.39, 0.29) is 0 Å². The highest BCUT2D eigenvalue weighted by Gasteiger charge is 2.11. The van der Waals surface area contributed by atoms with Gasteiger partial charge in [-0.25, -0.2) is 8.42 Å². The number of hydrogen-bond donors (Lipinski definition) is 3. The van der Waals surface area contributed by atoms with E-state index >= 15 is 0 Å². The molecular weight excluding hydrogens is 230 g/mol. The van der Waals surface area contributed by atoms with E-state index in [1.54, 1.807) is 25.1 Å². The molecule has 16 heavy (non-hydrogen) atoms. The molecule has 1 atom stereocenters. The van der Waals surface area contributed by atoms with Crippen molar-refractivity contribution >= 4 is 21.4 Å². The highest BCUT2D eigenvalue weighted by atomic mass is 32.2. The number of hydrogen-bond acceptors (Lipinski definition) is 5. The number of rotatable bonds is 4. The number of nitrogens with two attached hydrogens (primary N) is 2. The first-order valence-electron chi connectivity index (χ1n) is 4.57. The molecule has 1 unspecified atom stereocenters. The first kappa shape index (κ1) is 12.6. The van der Waals surface area contributed by atoms with Gasteiger partial charge in [-0.2, -0.15) is 4.72 Å². The summed E-state index contributed by atoms with van der Waals surface area (Å²) in [6, 6.07) is 4.76. The van der Waals surface area contributed by atoms with Gasteiger partial charge in [0.1, 0.15) is 5.75 Å². The quantitative estimate of drug-likeness (QED) is 0.516. The van der Waals surface area contributed by atoms with E-state index in [1.807, 2.05) is 0 Å². The lowest BCUT2D eigenvalue weighted by molar-refractivity contribution is 0.212. The molecule has 90 valence electrons. The Balaban J connectivity index is 2.73. The summed E-state index contributed by atoms with van der Waals surface area (Å²) in [5.74, 6) is 0.387. The summed E-state index contributed by atoms with van der Waals surface area (Å²) in [4.78, 5) is 0. The van der Waals surface area contributed by atoms with Crippen LogP contribution in [-0.2, 0) is 10.0 Å². The monoisotopic (exact) mass is 245 g/mol. The maximum absolute atomic E-state index is 10.9. The molecule has 0 amide bonds. The SMILES string of the molecule is CC(NS(C)(=O)=O)Oc1ccc(N)cc1N. The molecule has 0 fully saturated rings. The molecule has 0 aromatic heterocycles. The zero-order chi connectivity index (χ0) is 12.3. The number of anilines is 2. The van der Waals surface area contributed by atoms with E-state index in [0.29, 0.717) is 17.1 Å². The van der Waals surface area contributed by atoms with Crippen LogP contribution in [0.15, 0.2) is 18.2 Å². The van der Waals surface area contributed by atoms with Crippen LogP contribution in [0.2, 0.25) is 0 Å². The Bertz CT molecular complexity index is 473. The fourth-order valence-electron chi connectivity index (χ4n) is 1.19. The Morgan fingerprint density at radius 3 is 2.50 bits per heavy atom. The Morgan fingerprint density at radius 2 is 2.00 bits per heavy atom. The second-order valence-electron chi connectivity index (χ2n) is 3.45. The largest absolute Gasteiger partial charge is 0.472 e. The van der Waals surface area contributed by atoms with Crippen molar-refractivity contribution in [3.05, 3.63) is 18.2 Å². The van der Waals surface area contributed by atoms with Gasteiger partial charge in [0.2, 0.25) is 10.0 Å². The van der Waals surface area contributed by atoms with Gasteiger partial charge in [0.15, 0.2) is 6.23 Å². The number of benzene rings is 1. The third-order valence-corrected chi connectivity index (χ3v) is 2.48. The van der Waals surface area contributed by atoms with Crippen LogP contribution in [0.5, 0.6) is 5.75 Å². The molecule has 0 spiro atoms. The van der Waals surface area contributed by atoms with Gasteiger partial charge in [-0.15, -0.1) is 0 Å². The first-order chi connectivity index (χ1) is 7.28. The van der Waals surface area contributed by atoms with Crippen LogP contribution in [0.1, 0.15) is 6.92 Å². The van der Waals surface area contributed by atoms with Crippen LogP contribution >= 0.6 is 0 Å².